The minimum atomic E-state index is -0.407. The smallest absolute Gasteiger partial charge is 0.294 e. The molecule has 14 heavy (non-hydrogen) atoms. The van der Waals surface area contributed by atoms with Crippen LogP contribution in [-0.4, -0.2) is 30.2 Å². The van der Waals surface area contributed by atoms with E-state index in [1.807, 2.05) is 12.1 Å². The molecule has 0 aliphatic carbocycles. The first kappa shape index (κ1) is 8.94. The highest BCUT2D eigenvalue weighted by molar-refractivity contribution is 6.43. The van der Waals surface area contributed by atoms with Crippen LogP contribution < -0.4 is 0 Å². The van der Waals surface area contributed by atoms with Gasteiger partial charge in [0.05, 0.1) is 0 Å². The lowest BCUT2D eigenvalue weighted by Crippen LogP contribution is -2.32. The standard InChI is InChI=1S/C11H11NO2/c1-12-7-6-8-4-2-3-5-9(8)10(13)11(12)14/h2-5H,6-7H2,1H3. The fraction of sp³-hybridized carbons (Fsp3) is 0.273. The Morgan fingerprint density at radius 3 is 2.71 bits per heavy atom. The van der Waals surface area contributed by atoms with E-state index < -0.39 is 5.91 Å². The summed E-state index contributed by atoms with van der Waals surface area (Å²) in [5.74, 6) is -0.796. The lowest BCUT2D eigenvalue weighted by atomic mass is 10.0. The van der Waals surface area contributed by atoms with E-state index in [2.05, 4.69) is 0 Å². The van der Waals surface area contributed by atoms with Gasteiger partial charge in [-0.3, -0.25) is 9.59 Å². The van der Waals surface area contributed by atoms with E-state index >= 15 is 0 Å². The van der Waals surface area contributed by atoms with E-state index in [0.717, 1.165) is 12.0 Å². The fourth-order valence-electron chi connectivity index (χ4n) is 1.64. The molecule has 0 saturated carbocycles. The van der Waals surface area contributed by atoms with Gasteiger partial charge < -0.3 is 4.90 Å². The van der Waals surface area contributed by atoms with Crippen molar-refractivity contribution in [1.82, 2.24) is 4.90 Å². The number of nitrogens with zero attached hydrogens (tertiary/aromatic N) is 1. The normalized spacial score (nSPS) is 16.5. The molecular formula is C11H11NO2. The number of fused-ring (bicyclic) bond motifs is 1. The van der Waals surface area contributed by atoms with Gasteiger partial charge in [-0.2, -0.15) is 0 Å². The molecular weight excluding hydrogens is 178 g/mol. The maximum absolute atomic E-state index is 11.7. The Hall–Kier alpha value is -1.64. The second-order valence-corrected chi connectivity index (χ2v) is 3.46. The Morgan fingerprint density at radius 2 is 1.93 bits per heavy atom. The molecule has 1 aliphatic heterocycles. The number of hydrogen-bond donors (Lipinski definition) is 0. The minimum absolute atomic E-state index is 0.388. The highest BCUT2D eigenvalue weighted by Crippen LogP contribution is 2.15. The lowest BCUT2D eigenvalue weighted by molar-refractivity contribution is -0.125. The number of rotatable bonds is 0. The summed E-state index contributed by atoms with van der Waals surface area (Å²) in [6, 6.07) is 7.30. The molecule has 0 N–H and O–H groups in total. The molecule has 1 aliphatic rings. The number of ketones is 1. The monoisotopic (exact) mass is 189 g/mol. The molecule has 3 heteroatoms. The largest absolute Gasteiger partial charge is 0.339 e. The SMILES string of the molecule is CN1CCc2ccccc2C(=O)C1=O. The van der Waals surface area contributed by atoms with Crippen LogP contribution in [0.15, 0.2) is 24.3 Å². The molecule has 0 bridgehead atoms. The van der Waals surface area contributed by atoms with Gasteiger partial charge in [0.15, 0.2) is 0 Å². The Labute approximate surface area is 82.3 Å². The van der Waals surface area contributed by atoms with Crippen LogP contribution in [0.4, 0.5) is 0 Å². The van der Waals surface area contributed by atoms with E-state index in [9.17, 15) is 9.59 Å². The first-order chi connectivity index (χ1) is 6.70. The molecule has 1 amide bonds. The molecule has 72 valence electrons. The molecule has 0 unspecified atom stereocenters. The number of hydrogen-bond acceptors (Lipinski definition) is 2. The molecule has 1 heterocycles. The zero-order valence-corrected chi connectivity index (χ0v) is 7.99. The van der Waals surface area contributed by atoms with Crippen LogP contribution in [0.1, 0.15) is 15.9 Å². The summed E-state index contributed by atoms with van der Waals surface area (Å²) < 4.78 is 0. The van der Waals surface area contributed by atoms with Crippen molar-refractivity contribution in [2.24, 2.45) is 0 Å². The summed E-state index contributed by atoms with van der Waals surface area (Å²) in [5, 5.41) is 0. The highest BCUT2D eigenvalue weighted by Gasteiger charge is 2.25. The zero-order chi connectivity index (χ0) is 10.1. The average molecular weight is 189 g/mol. The molecule has 0 radical (unpaired) electrons. The zero-order valence-electron chi connectivity index (χ0n) is 7.99. The maximum Gasteiger partial charge on any atom is 0.294 e. The summed E-state index contributed by atoms with van der Waals surface area (Å²) >= 11 is 0. The molecule has 1 aromatic rings. The summed E-state index contributed by atoms with van der Waals surface area (Å²) in [6.45, 7) is 0.613. The van der Waals surface area contributed by atoms with Crippen molar-refractivity contribution in [1.29, 1.82) is 0 Å². The average Bonchev–Trinajstić information content (AvgIpc) is 2.32. The van der Waals surface area contributed by atoms with E-state index in [4.69, 9.17) is 0 Å². The van der Waals surface area contributed by atoms with Gasteiger partial charge in [-0.15, -0.1) is 0 Å². The first-order valence-electron chi connectivity index (χ1n) is 4.58. The Morgan fingerprint density at radius 1 is 1.21 bits per heavy atom. The second kappa shape index (κ2) is 3.25. The molecule has 0 spiro atoms. The van der Waals surface area contributed by atoms with Crippen molar-refractivity contribution < 1.29 is 9.59 Å². The van der Waals surface area contributed by atoms with Crippen LogP contribution >= 0.6 is 0 Å². The number of benzene rings is 1. The van der Waals surface area contributed by atoms with Crippen LogP contribution in [0.2, 0.25) is 0 Å². The fourth-order valence-corrected chi connectivity index (χ4v) is 1.64. The molecule has 0 atom stereocenters. The summed E-state index contributed by atoms with van der Waals surface area (Å²) in [5.41, 5.74) is 1.53. The third kappa shape index (κ3) is 1.31. The van der Waals surface area contributed by atoms with E-state index in [-0.39, 0.29) is 5.78 Å². The van der Waals surface area contributed by atoms with Crippen molar-refractivity contribution in [3.63, 3.8) is 0 Å². The van der Waals surface area contributed by atoms with Gasteiger partial charge in [0, 0.05) is 19.2 Å². The van der Waals surface area contributed by atoms with Gasteiger partial charge >= 0.3 is 0 Å². The minimum Gasteiger partial charge on any atom is -0.339 e. The number of likely N-dealkylation sites (N-methyl/N-ethyl adjacent to an activating group) is 1. The van der Waals surface area contributed by atoms with Crippen molar-refractivity contribution in [3.8, 4) is 0 Å². The summed E-state index contributed by atoms with van der Waals surface area (Å²) in [4.78, 5) is 24.6. The number of carbonyl (C=O) groups excluding carboxylic acids is 2. The molecule has 0 fully saturated rings. The van der Waals surface area contributed by atoms with E-state index in [0.29, 0.717) is 12.1 Å². The first-order valence-corrected chi connectivity index (χ1v) is 4.58. The van der Waals surface area contributed by atoms with Crippen molar-refractivity contribution >= 4 is 11.7 Å². The van der Waals surface area contributed by atoms with Crippen molar-refractivity contribution in [3.05, 3.63) is 35.4 Å². The van der Waals surface area contributed by atoms with Gasteiger partial charge in [0.25, 0.3) is 11.7 Å². The molecule has 3 nitrogen and oxygen atoms in total. The van der Waals surface area contributed by atoms with Crippen LogP contribution in [0.5, 0.6) is 0 Å². The molecule has 2 rings (SSSR count). The van der Waals surface area contributed by atoms with Crippen LogP contribution in [0.25, 0.3) is 0 Å². The highest BCUT2D eigenvalue weighted by atomic mass is 16.2. The maximum atomic E-state index is 11.7. The second-order valence-electron chi connectivity index (χ2n) is 3.46. The lowest BCUT2D eigenvalue weighted by Gasteiger charge is -2.11. The third-order valence-corrected chi connectivity index (χ3v) is 2.52. The third-order valence-electron chi connectivity index (χ3n) is 2.52. The topological polar surface area (TPSA) is 37.4 Å². The van der Waals surface area contributed by atoms with E-state index in [1.165, 1.54) is 4.90 Å². The Balaban J connectivity index is 2.50. The van der Waals surface area contributed by atoms with Crippen LogP contribution in [0, 0.1) is 0 Å². The van der Waals surface area contributed by atoms with E-state index in [1.54, 1.807) is 19.2 Å². The van der Waals surface area contributed by atoms with Crippen molar-refractivity contribution in [2.75, 3.05) is 13.6 Å². The van der Waals surface area contributed by atoms with Gasteiger partial charge in [0.1, 0.15) is 0 Å². The van der Waals surface area contributed by atoms with Gasteiger partial charge in [-0.05, 0) is 12.0 Å². The number of Topliss-reactive ketones (excluding diaryl/α,β-unsaturated/α-hetero) is 1. The summed E-state index contributed by atoms with van der Waals surface area (Å²) in [6.07, 6.45) is 0.754. The predicted molar refractivity (Wildman–Crippen MR) is 52.1 cm³/mol. The number of carbonyl (C=O) groups is 2. The van der Waals surface area contributed by atoms with Gasteiger partial charge in [0.2, 0.25) is 0 Å². The quantitative estimate of drug-likeness (QED) is 0.568. The number of amides is 1. The predicted octanol–water partition coefficient (Wildman–Crippen LogP) is 0.884. The molecule has 1 aromatic carbocycles. The Bertz CT molecular complexity index is 398. The van der Waals surface area contributed by atoms with Crippen molar-refractivity contribution in [2.45, 2.75) is 6.42 Å². The van der Waals surface area contributed by atoms with Gasteiger partial charge in [-0.25, -0.2) is 0 Å². The van der Waals surface area contributed by atoms with Crippen LogP contribution in [-0.2, 0) is 11.2 Å². The summed E-state index contributed by atoms with van der Waals surface area (Å²) in [7, 11) is 1.66. The van der Waals surface area contributed by atoms with Crippen LogP contribution in [0.3, 0.4) is 0 Å². The molecule has 0 aromatic heterocycles. The Kier molecular flexibility index (Phi) is 2.08. The van der Waals surface area contributed by atoms with Gasteiger partial charge in [-0.1, -0.05) is 24.3 Å². The molecule has 0 saturated heterocycles.